The van der Waals surface area contributed by atoms with Gasteiger partial charge in [-0.05, 0) is 12.8 Å². The molecule has 0 bridgehead atoms. The second kappa shape index (κ2) is 6.80. The van der Waals surface area contributed by atoms with Crippen LogP contribution in [-0.2, 0) is 11.8 Å². The van der Waals surface area contributed by atoms with Crippen molar-refractivity contribution in [2.24, 2.45) is 7.05 Å². The average Bonchev–Trinajstić information content (AvgIpc) is 3.16. The number of nitrogens with one attached hydrogen (secondary N) is 1. The first-order valence-corrected chi connectivity index (χ1v) is 8.76. The van der Waals surface area contributed by atoms with Crippen LogP contribution in [0.1, 0.15) is 59.9 Å². The predicted molar refractivity (Wildman–Crippen MR) is 88.6 cm³/mol. The summed E-state index contributed by atoms with van der Waals surface area (Å²) in [5, 5.41) is 5.93. The molecule has 0 unspecified atom stereocenters. The fraction of sp³-hybridized carbons (Fsp3) is 0.562. The molecule has 1 fully saturated rings. The molecule has 1 aliphatic rings. The number of thiazole rings is 1. The third kappa shape index (κ3) is 3.61. The minimum absolute atomic E-state index is 0.0248. The van der Waals surface area contributed by atoms with E-state index in [0.29, 0.717) is 18.2 Å². The SMILES string of the molecule is CC(C)c1nc(C(=O)N[C@H]2CCO[C@H](c3cncn3C)C2)cs1. The second-order valence-corrected chi connectivity index (χ2v) is 7.10. The molecule has 0 saturated carbocycles. The van der Waals surface area contributed by atoms with Crippen LogP contribution in [0.15, 0.2) is 17.9 Å². The number of imidazole rings is 1. The first kappa shape index (κ1) is 16.1. The molecule has 0 aromatic carbocycles. The van der Waals surface area contributed by atoms with Crippen LogP contribution in [-0.4, -0.2) is 33.1 Å². The number of hydrogen-bond donors (Lipinski definition) is 1. The summed E-state index contributed by atoms with van der Waals surface area (Å²) in [7, 11) is 1.95. The van der Waals surface area contributed by atoms with Crippen molar-refractivity contribution in [1.82, 2.24) is 19.9 Å². The molecular weight excluding hydrogens is 312 g/mol. The number of rotatable bonds is 4. The number of carbonyl (C=O) groups excluding carboxylic acids is 1. The smallest absolute Gasteiger partial charge is 0.270 e. The van der Waals surface area contributed by atoms with Crippen molar-refractivity contribution in [2.45, 2.75) is 44.8 Å². The van der Waals surface area contributed by atoms with Gasteiger partial charge in [0.25, 0.3) is 5.91 Å². The first-order chi connectivity index (χ1) is 11.0. The van der Waals surface area contributed by atoms with Gasteiger partial charge in [-0.3, -0.25) is 4.79 Å². The van der Waals surface area contributed by atoms with Gasteiger partial charge >= 0.3 is 0 Å². The third-order valence-electron chi connectivity index (χ3n) is 4.05. The molecule has 6 nitrogen and oxygen atoms in total. The van der Waals surface area contributed by atoms with Gasteiger partial charge in [0, 0.05) is 31.0 Å². The summed E-state index contributed by atoms with van der Waals surface area (Å²) in [5.41, 5.74) is 1.56. The van der Waals surface area contributed by atoms with Crippen LogP contribution >= 0.6 is 11.3 Å². The van der Waals surface area contributed by atoms with E-state index in [9.17, 15) is 4.79 Å². The van der Waals surface area contributed by atoms with Crippen LogP contribution in [0.4, 0.5) is 0 Å². The van der Waals surface area contributed by atoms with Gasteiger partial charge in [-0.15, -0.1) is 11.3 Å². The Hall–Kier alpha value is -1.73. The maximum Gasteiger partial charge on any atom is 0.270 e. The Morgan fingerprint density at radius 2 is 2.35 bits per heavy atom. The summed E-state index contributed by atoms with van der Waals surface area (Å²) in [6.45, 7) is 4.80. The van der Waals surface area contributed by atoms with Crippen LogP contribution in [0.5, 0.6) is 0 Å². The lowest BCUT2D eigenvalue weighted by Gasteiger charge is -2.30. The summed E-state index contributed by atoms with van der Waals surface area (Å²) >= 11 is 1.54. The molecule has 0 aliphatic carbocycles. The van der Waals surface area contributed by atoms with Crippen LogP contribution in [0.3, 0.4) is 0 Å². The number of hydrogen-bond acceptors (Lipinski definition) is 5. The van der Waals surface area contributed by atoms with Gasteiger partial charge in [0.15, 0.2) is 0 Å². The van der Waals surface area contributed by atoms with Crippen molar-refractivity contribution in [2.75, 3.05) is 6.61 Å². The van der Waals surface area contributed by atoms with Crippen LogP contribution in [0.25, 0.3) is 0 Å². The molecule has 2 atom stereocenters. The fourth-order valence-electron chi connectivity index (χ4n) is 2.73. The van der Waals surface area contributed by atoms with E-state index >= 15 is 0 Å². The maximum atomic E-state index is 12.4. The summed E-state index contributed by atoms with van der Waals surface area (Å²) in [4.78, 5) is 20.9. The normalized spacial score (nSPS) is 21.6. The van der Waals surface area contributed by atoms with Crippen molar-refractivity contribution < 1.29 is 9.53 Å². The number of amides is 1. The molecule has 1 aliphatic heterocycles. The van der Waals surface area contributed by atoms with E-state index in [-0.39, 0.29) is 18.1 Å². The Labute approximate surface area is 139 Å². The van der Waals surface area contributed by atoms with Gasteiger partial charge in [0.2, 0.25) is 0 Å². The van der Waals surface area contributed by atoms with Gasteiger partial charge < -0.3 is 14.6 Å². The Morgan fingerprint density at radius 1 is 1.52 bits per heavy atom. The lowest BCUT2D eigenvalue weighted by atomic mass is 10.0. The highest BCUT2D eigenvalue weighted by Crippen LogP contribution is 2.28. The van der Waals surface area contributed by atoms with Crippen LogP contribution < -0.4 is 5.32 Å². The van der Waals surface area contributed by atoms with E-state index in [0.717, 1.165) is 23.5 Å². The Balaban J connectivity index is 1.63. The highest BCUT2D eigenvalue weighted by atomic mass is 32.1. The highest BCUT2D eigenvalue weighted by Gasteiger charge is 2.27. The lowest BCUT2D eigenvalue weighted by Crippen LogP contribution is -2.40. The molecule has 0 radical (unpaired) electrons. The van der Waals surface area contributed by atoms with Gasteiger partial charge in [-0.25, -0.2) is 9.97 Å². The van der Waals surface area contributed by atoms with Crippen molar-refractivity contribution in [3.05, 3.63) is 34.3 Å². The largest absolute Gasteiger partial charge is 0.372 e. The zero-order valence-electron chi connectivity index (χ0n) is 13.7. The van der Waals surface area contributed by atoms with Gasteiger partial charge in [-0.2, -0.15) is 0 Å². The van der Waals surface area contributed by atoms with Crippen LogP contribution in [0, 0.1) is 0 Å². The quantitative estimate of drug-likeness (QED) is 0.933. The average molecular weight is 334 g/mol. The van der Waals surface area contributed by atoms with Gasteiger partial charge in [0.05, 0.1) is 23.2 Å². The molecule has 1 saturated heterocycles. The fourth-order valence-corrected chi connectivity index (χ4v) is 3.54. The number of aromatic nitrogens is 3. The molecule has 23 heavy (non-hydrogen) atoms. The summed E-state index contributed by atoms with van der Waals surface area (Å²) in [6.07, 6.45) is 5.14. The third-order valence-corrected chi connectivity index (χ3v) is 5.20. The van der Waals surface area contributed by atoms with Gasteiger partial charge in [0.1, 0.15) is 11.8 Å². The molecule has 3 heterocycles. The Kier molecular flexibility index (Phi) is 4.77. The van der Waals surface area contributed by atoms with Crippen molar-refractivity contribution in [3.8, 4) is 0 Å². The van der Waals surface area contributed by atoms with E-state index in [1.807, 2.05) is 23.2 Å². The van der Waals surface area contributed by atoms with Crippen molar-refractivity contribution in [1.29, 1.82) is 0 Å². The standard InChI is InChI=1S/C16H22N4O2S/c1-10(2)16-19-12(8-23-16)15(21)18-11-4-5-22-14(6-11)13-7-17-9-20(13)3/h7-11,14H,4-6H2,1-3H3,(H,18,21)/t11-,14-/m0/s1. The molecule has 2 aromatic heterocycles. The molecule has 2 aromatic rings. The van der Waals surface area contributed by atoms with E-state index in [4.69, 9.17) is 4.74 Å². The molecule has 1 N–H and O–H groups in total. The first-order valence-electron chi connectivity index (χ1n) is 7.88. The maximum absolute atomic E-state index is 12.4. The molecule has 7 heteroatoms. The van der Waals surface area contributed by atoms with E-state index < -0.39 is 0 Å². The molecule has 0 spiro atoms. The number of aryl methyl sites for hydroxylation is 1. The second-order valence-electron chi connectivity index (χ2n) is 6.21. The predicted octanol–water partition coefficient (Wildman–Crippen LogP) is 2.65. The monoisotopic (exact) mass is 334 g/mol. The zero-order valence-corrected chi connectivity index (χ0v) is 14.5. The van der Waals surface area contributed by atoms with Crippen LogP contribution in [0.2, 0.25) is 0 Å². The Morgan fingerprint density at radius 3 is 3.00 bits per heavy atom. The Bertz CT molecular complexity index is 679. The summed E-state index contributed by atoms with van der Waals surface area (Å²) in [6, 6.07) is 0.0975. The summed E-state index contributed by atoms with van der Waals surface area (Å²) < 4.78 is 7.79. The molecule has 1 amide bonds. The van der Waals surface area contributed by atoms with E-state index in [1.165, 1.54) is 0 Å². The van der Waals surface area contributed by atoms with Gasteiger partial charge in [-0.1, -0.05) is 13.8 Å². The topological polar surface area (TPSA) is 69.0 Å². The zero-order chi connectivity index (χ0) is 16.4. The summed E-state index contributed by atoms with van der Waals surface area (Å²) in [5.74, 6) is 0.252. The lowest BCUT2D eigenvalue weighted by molar-refractivity contribution is -0.00304. The van der Waals surface area contributed by atoms with E-state index in [2.05, 4.69) is 29.1 Å². The van der Waals surface area contributed by atoms with Crippen molar-refractivity contribution in [3.63, 3.8) is 0 Å². The number of nitrogens with zero attached hydrogens (tertiary/aromatic N) is 3. The van der Waals surface area contributed by atoms with E-state index in [1.54, 1.807) is 17.7 Å². The highest BCUT2D eigenvalue weighted by molar-refractivity contribution is 7.09. The minimum atomic E-state index is -0.0937. The molecule has 124 valence electrons. The molecule has 3 rings (SSSR count). The number of ether oxygens (including phenoxy) is 1. The minimum Gasteiger partial charge on any atom is -0.372 e. The number of carbonyl (C=O) groups is 1. The molecular formula is C16H22N4O2S. The van der Waals surface area contributed by atoms with Crippen molar-refractivity contribution >= 4 is 17.2 Å².